The third kappa shape index (κ3) is 5.63. The van der Waals surface area contributed by atoms with Crippen molar-refractivity contribution in [1.82, 2.24) is 24.1 Å². The van der Waals surface area contributed by atoms with Gasteiger partial charge < -0.3 is 13.6 Å². The Balaban J connectivity index is 1.17. The number of para-hydroxylation sites is 2. The van der Waals surface area contributed by atoms with E-state index in [0.29, 0.717) is 77.7 Å². The molecule has 0 aliphatic rings. The van der Waals surface area contributed by atoms with Crippen LogP contribution in [0, 0.1) is 0 Å². The molecule has 0 spiro atoms. The van der Waals surface area contributed by atoms with Gasteiger partial charge in [0.25, 0.3) is 0 Å². The number of furan rings is 1. The summed E-state index contributed by atoms with van der Waals surface area (Å²) in [5.41, 5.74) is 11.0. The van der Waals surface area contributed by atoms with Crippen LogP contribution in [0.1, 0.15) is 0 Å². The summed E-state index contributed by atoms with van der Waals surface area (Å²) in [5, 5.41) is 4.69. The van der Waals surface area contributed by atoms with E-state index in [4.69, 9.17) is 66.4 Å². The smallest absolute Gasteiger partial charge is 0.164 e. The lowest BCUT2D eigenvalue weighted by atomic mass is 9.74. The first-order valence-electron chi connectivity index (χ1n) is 20.3. The molecule has 0 N–H and O–H groups in total. The molecule has 0 aliphatic carbocycles. The van der Waals surface area contributed by atoms with Gasteiger partial charge in [-0.25, -0.2) is 15.0 Å². The molecule has 4 aromatic heterocycles. The first-order chi connectivity index (χ1) is 30.7. The fourth-order valence-electron chi connectivity index (χ4n) is 9.32. The van der Waals surface area contributed by atoms with Gasteiger partial charge in [0.2, 0.25) is 0 Å². The minimum absolute atomic E-state index is 0.378. The lowest BCUT2D eigenvalue weighted by Gasteiger charge is -2.16. The van der Waals surface area contributed by atoms with Crippen LogP contribution in [-0.2, 0) is 0 Å². The Morgan fingerprint density at radius 3 is 1.48 bits per heavy atom. The van der Waals surface area contributed by atoms with Crippen molar-refractivity contribution in [1.29, 1.82) is 0 Å². The van der Waals surface area contributed by atoms with Crippen LogP contribution in [0.3, 0.4) is 0 Å². The van der Waals surface area contributed by atoms with E-state index in [2.05, 4.69) is 15.2 Å². The highest BCUT2D eigenvalue weighted by atomic mass is 16.3. The maximum Gasteiger partial charge on any atom is 0.164 e. The predicted octanol–water partition coefficient (Wildman–Crippen LogP) is 5.73. The lowest BCUT2D eigenvalue weighted by Crippen LogP contribution is -2.27. The van der Waals surface area contributed by atoms with Gasteiger partial charge in [-0.15, -0.1) is 0 Å². The van der Waals surface area contributed by atoms with E-state index in [1.165, 1.54) is 0 Å². The minimum atomic E-state index is 0.378. The molecule has 0 aliphatic heterocycles. The third-order valence-corrected chi connectivity index (χ3v) is 12.0. The normalized spacial score (nSPS) is 11.9. The molecule has 0 atom stereocenters. The number of hydrogen-bond acceptors (Lipinski definition) is 4. The maximum atomic E-state index is 7.17. The highest BCUT2D eigenvalue weighted by molar-refractivity contribution is 6.61. The molecule has 0 saturated carbocycles. The van der Waals surface area contributed by atoms with E-state index in [1.807, 2.05) is 133 Å². The second kappa shape index (κ2) is 14.0. The van der Waals surface area contributed by atoms with E-state index < -0.39 is 0 Å². The van der Waals surface area contributed by atoms with Gasteiger partial charge in [0.15, 0.2) is 23.1 Å². The van der Waals surface area contributed by atoms with Crippen molar-refractivity contribution in [3.05, 3.63) is 152 Å². The predicted molar refractivity (Wildman–Crippen MR) is 264 cm³/mol. The van der Waals surface area contributed by atoms with Crippen molar-refractivity contribution in [2.75, 3.05) is 0 Å². The molecule has 0 unspecified atom stereocenters. The molecule has 12 rings (SSSR count). The molecule has 12 heteroatoms. The van der Waals surface area contributed by atoms with Crippen molar-refractivity contribution in [3.63, 3.8) is 0 Å². The van der Waals surface area contributed by atoms with Crippen LogP contribution in [-0.4, -0.2) is 71.2 Å². The minimum Gasteiger partial charge on any atom is -0.454 e. The van der Waals surface area contributed by atoms with Gasteiger partial charge in [-0.2, -0.15) is 0 Å². The maximum absolute atomic E-state index is 7.17. The van der Waals surface area contributed by atoms with Crippen molar-refractivity contribution >= 4 is 145 Å². The molecule has 0 fully saturated rings. The van der Waals surface area contributed by atoms with Crippen LogP contribution in [0.25, 0.3) is 111 Å². The summed E-state index contributed by atoms with van der Waals surface area (Å²) in [6, 6.07) is 49.2. The van der Waals surface area contributed by atoms with Crippen LogP contribution in [0.15, 0.2) is 156 Å². The first kappa shape index (κ1) is 37.3. The largest absolute Gasteiger partial charge is 0.454 e. The second-order valence-electron chi connectivity index (χ2n) is 15.8. The number of hydrogen-bond donors (Lipinski definition) is 0. The van der Waals surface area contributed by atoms with E-state index >= 15 is 0 Å². The average molecular weight is 789 g/mol. The average Bonchev–Trinajstić information content (AvgIpc) is 3.97. The summed E-state index contributed by atoms with van der Waals surface area (Å²) in [6.07, 6.45) is 0. The molecular formula is C51H25B6N5O. The van der Waals surface area contributed by atoms with Crippen molar-refractivity contribution in [3.8, 4) is 45.5 Å². The molecular weight excluding hydrogens is 763 g/mol. The molecule has 12 radical (unpaired) electrons. The molecule has 63 heavy (non-hydrogen) atoms. The molecule has 8 aromatic carbocycles. The van der Waals surface area contributed by atoms with Crippen molar-refractivity contribution < 1.29 is 4.42 Å². The Morgan fingerprint density at radius 1 is 0.397 bits per heavy atom. The SMILES string of the molecule is [B]c1cc([B])c2c(c1)c1c([B])c([B])c3c4cc([B])cc([B])c4n(-c4cccc5c4oc4cc(-c6nc(-c7ccccc7)nc(-c7ccccc7)n6)ccc45)c3c1n2-c1ccccc1. The van der Waals surface area contributed by atoms with Crippen LogP contribution >= 0.6 is 0 Å². The monoisotopic (exact) mass is 789 g/mol. The van der Waals surface area contributed by atoms with Crippen LogP contribution in [0.4, 0.5) is 0 Å². The topological polar surface area (TPSA) is 61.7 Å². The quantitative estimate of drug-likeness (QED) is 0.209. The van der Waals surface area contributed by atoms with E-state index in [0.717, 1.165) is 66.2 Å². The summed E-state index contributed by atoms with van der Waals surface area (Å²) >= 11 is 0. The Kier molecular flexibility index (Phi) is 8.32. The van der Waals surface area contributed by atoms with E-state index in [1.54, 1.807) is 12.1 Å². The van der Waals surface area contributed by atoms with Crippen LogP contribution in [0.2, 0.25) is 0 Å². The first-order valence-corrected chi connectivity index (χ1v) is 20.3. The Morgan fingerprint density at radius 2 is 0.905 bits per heavy atom. The number of nitrogens with zero attached hydrogens (tertiary/aromatic N) is 5. The standard InChI is InChI=1S/C51H25B6N5O/c52-29-22-34-40-42(56)43(57)41-35-23-30(53)25-37(55)45(35)62(47(41)46(40)61(44(34)36(54)24-29)31-15-8-3-9-16-31)38-18-10-17-33-32-20-19-28(21-39(32)63-48(33)38)51-59-49(26-11-4-1-5-12-26)58-50(60-51)27-13-6-2-7-14-27/h1-25H. The van der Waals surface area contributed by atoms with Crippen molar-refractivity contribution in [2.45, 2.75) is 0 Å². The molecule has 0 amide bonds. The Bertz CT molecular complexity index is 3810. The number of benzene rings is 8. The molecule has 0 bridgehead atoms. The Hall–Kier alpha value is -7.44. The second-order valence-corrected chi connectivity index (χ2v) is 15.8. The Labute approximate surface area is 369 Å². The summed E-state index contributed by atoms with van der Waals surface area (Å²) < 4.78 is 11.2. The number of aromatic nitrogens is 5. The van der Waals surface area contributed by atoms with Crippen molar-refractivity contribution in [2.24, 2.45) is 0 Å². The molecule has 278 valence electrons. The number of rotatable bonds is 5. The highest BCUT2D eigenvalue weighted by Crippen LogP contribution is 2.42. The van der Waals surface area contributed by atoms with Crippen LogP contribution in [0.5, 0.6) is 0 Å². The van der Waals surface area contributed by atoms with E-state index in [9.17, 15) is 0 Å². The molecule has 12 aromatic rings. The summed E-state index contributed by atoms with van der Waals surface area (Å²) in [6.45, 7) is 0. The van der Waals surface area contributed by atoms with E-state index in [-0.39, 0.29) is 0 Å². The molecule has 6 nitrogen and oxygen atoms in total. The zero-order valence-electron chi connectivity index (χ0n) is 33.5. The van der Waals surface area contributed by atoms with Gasteiger partial charge in [-0.3, -0.25) is 0 Å². The lowest BCUT2D eigenvalue weighted by molar-refractivity contribution is 0.666. The van der Waals surface area contributed by atoms with Crippen LogP contribution < -0.4 is 32.8 Å². The molecule has 4 heterocycles. The third-order valence-electron chi connectivity index (χ3n) is 12.0. The zero-order valence-corrected chi connectivity index (χ0v) is 33.5. The van der Waals surface area contributed by atoms with Gasteiger partial charge in [-0.05, 0) is 30.3 Å². The fraction of sp³-hybridized carbons (Fsp3) is 0. The van der Waals surface area contributed by atoms with Gasteiger partial charge in [-0.1, -0.05) is 154 Å². The summed E-state index contributed by atoms with van der Waals surface area (Å²) in [7, 11) is 41.2. The number of fused-ring (bicyclic) bond motifs is 10. The highest BCUT2D eigenvalue weighted by Gasteiger charge is 2.27. The van der Waals surface area contributed by atoms with Gasteiger partial charge in [0, 0.05) is 65.7 Å². The molecule has 0 saturated heterocycles. The zero-order chi connectivity index (χ0) is 42.7. The van der Waals surface area contributed by atoms with Gasteiger partial charge >= 0.3 is 0 Å². The summed E-state index contributed by atoms with van der Waals surface area (Å²) in [4.78, 5) is 14.8. The van der Waals surface area contributed by atoms with Gasteiger partial charge in [0.1, 0.15) is 52.7 Å². The van der Waals surface area contributed by atoms with Gasteiger partial charge in [0.05, 0.1) is 16.7 Å². The fourth-order valence-corrected chi connectivity index (χ4v) is 9.32. The summed E-state index contributed by atoms with van der Waals surface area (Å²) in [5.74, 6) is 1.65.